The second kappa shape index (κ2) is 8.49. The van der Waals surface area contributed by atoms with Crippen molar-refractivity contribution in [2.24, 2.45) is 0 Å². The predicted molar refractivity (Wildman–Crippen MR) is 104 cm³/mol. The van der Waals surface area contributed by atoms with Crippen molar-refractivity contribution >= 4 is 23.2 Å². The maximum absolute atomic E-state index is 12.3. The van der Waals surface area contributed by atoms with Crippen molar-refractivity contribution in [1.82, 2.24) is 5.32 Å². The molecule has 138 valence electrons. The number of esters is 1. The molecule has 1 aliphatic carbocycles. The fourth-order valence-corrected chi connectivity index (χ4v) is 4.43. The van der Waals surface area contributed by atoms with Crippen molar-refractivity contribution in [3.05, 3.63) is 57.3 Å². The van der Waals surface area contributed by atoms with E-state index in [1.807, 2.05) is 24.3 Å². The lowest BCUT2D eigenvalue weighted by atomic mass is 9.96. The van der Waals surface area contributed by atoms with E-state index >= 15 is 0 Å². The maximum Gasteiger partial charge on any atom is 0.349 e. The molecule has 0 saturated heterocycles. The second-order valence-electron chi connectivity index (χ2n) is 6.72. The van der Waals surface area contributed by atoms with E-state index in [9.17, 15) is 9.59 Å². The van der Waals surface area contributed by atoms with Gasteiger partial charge >= 0.3 is 5.97 Å². The molecule has 0 bridgehead atoms. The van der Waals surface area contributed by atoms with Crippen LogP contribution >= 0.6 is 11.3 Å². The molecule has 1 heterocycles. The van der Waals surface area contributed by atoms with E-state index in [-0.39, 0.29) is 11.8 Å². The SMILES string of the molecule is CC[C@@H](CNC(=O)[C@@H](C)OC(=O)c1cc2c(s1)CCC2)c1ccccc1. The third kappa shape index (κ3) is 4.33. The number of carbonyl (C=O) groups excluding carboxylic acids is 2. The van der Waals surface area contributed by atoms with Gasteiger partial charge in [0, 0.05) is 17.3 Å². The molecule has 0 aliphatic heterocycles. The Hall–Kier alpha value is -2.14. The fraction of sp³-hybridized carbons (Fsp3) is 0.429. The molecule has 2 aromatic rings. The molecule has 1 aromatic heterocycles. The molecular formula is C21H25NO3S. The Balaban J connectivity index is 1.51. The van der Waals surface area contributed by atoms with E-state index in [2.05, 4.69) is 24.4 Å². The summed E-state index contributed by atoms with van der Waals surface area (Å²) in [5.74, 6) is -0.401. The largest absolute Gasteiger partial charge is 0.448 e. The van der Waals surface area contributed by atoms with E-state index in [1.54, 1.807) is 6.92 Å². The first-order chi connectivity index (χ1) is 12.6. The summed E-state index contributed by atoms with van der Waals surface area (Å²) < 4.78 is 5.37. The van der Waals surface area contributed by atoms with Crippen LogP contribution in [0.5, 0.6) is 0 Å². The number of fused-ring (bicyclic) bond motifs is 1. The van der Waals surface area contributed by atoms with Gasteiger partial charge in [-0.05, 0) is 49.8 Å². The minimum absolute atomic E-state index is 0.253. The lowest BCUT2D eigenvalue weighted by Crippen LogP contribution is -2.37. The molecule has 0 unspecified atom stereocenters. The Morgan fingerprint density at radius 3 is 2.69 bits per heavy atom. The van der Waals surface area contributed by atoms with Crippen molar-refractivity contribution in [1.29, 1.82) is 0 Å². The monoisotopic (exact) mass is 371 g/mol. The average Bonchev–Trinajstić information content (AvgIpc) is 3.25. The number of nitrogens with one attached hydrogen (secondary N) is 1. The van der Waals surface area contributed by atoms with Crippen LogP contribution in [0.2, 0.25) is 0 Å². The Morgan fingerprint density at radius 2 is 2.00 bits per heavy atom. The van der Waals surface area contributed by atoms with Crippen LogP contribution < -0.4 is 5.32 Å². The molecule has 0 spiro atoms. The van der Waals surface area contributed by atoms with Crippen LogP contribution in [0.15, 0.2) is 36.4 Å². The number of benzene rings is 1. The number of hydrogen-bond acceptors (Lipinski definition) is 4. The van der Waals surface area contributed by atoms with Gasteiger partial charge in [-0.1, -0.05) is 37.3 Å². The van der Waals surface area contributed by atoms with Crippen LogP contribution in [0.4, 0.5) is 0 Å². The Labute approximate surface area is 158 Å². The molecule has 26 heavy (non-hydrogen) atoms. The van der Waals surface area contributed by atoms with Crippen molar-refractivity contribution < 1.29 is 14.3 Å². The zero-order chi connectivity index (χ0) is 18.5. The average molecular weight is 372 g/mol. The molecule has 1 amide bonds. The first kappa shape index (κ1) is 18.6. The molecule has 3 rings (SSSR count). The number of amides is 1. The number of thiophene rings is 1. The molecule has 4 nitrogen and oxygen atoms in total. The van der Waals surface area contributed by atoms with Gasteiger partial charge in [0.15, 0.2) is 6.10 Å². The summed E-state index contributed by atoms with van der Waals surface area (Å²) in [5, 5.41) is 2.91. The highest BCUT2D eigenvalue weighted by atomic mass is 32.1. The lowest BCUT2D eigenvalue weighted by molar-refractivity contribution is -0.129. The molecule has 0 radical (unpaired) electrons. The standard InChI is InChI=1S/C21H25NO3S/c1-3-15(16-8-5-4-6-9-16)13-22-20(23)14(2)25-21(24)19-12-17-10-7-11-18(17)26-19/h4-6,8-9,12,14-15H,3,7,10-11,13H2,1-2H3,(H,22,23)/t14-,15+/m1/s1. The number of rotatable bonds is 7. The predicted octanol–water partition coefficient (Wildman–Crippen LogP) is 4.09. The van der Waals surface area contributed by atoms with Gasteiger partial charge in [0.25, 0.3) is 5.91 Å². The molecule has 2 atom stereocenters. The Morgan fingerprint density at radius 1 is 1.23 bits per heavy atom. The van der Waals surface area contributed by atoms with E-state index in [4.69, 9.17) is 4.74 Å². The van der Waals surface area contributed by atoms with Crippen molar-refractivity contribution in [3.63, 3.8) is 0 Å². The van der Waals surface area contributed by atoms with Gasteiger partial charge in [0.2, 0.25) is 0 Å². The van der Waals surface area contributed by atoms with Crippen LogP contribution in [0.1, 0.15) is 58.3 Å². The van der Waals surface area contributed by atoms with Crippen molar-refractivity contribution in [3.8, 4) is 0 Å². The van der Waals surface area contributed by atoms with Crippen LogP contribution in [0.25, 0.3) is 0 Å². The van der Waals surface area contributed by atoms with Crippen LogP contribution in [0, 0.1) is 0 Å². The molecule has 1 aliphatic rings. The zero-order valence-electron chi connectivity index (χ0n) is 15.3. The van der Waals surface area contributed by atoms with Gasteiger partial charge in [-0.3, -0.25) is 4.79 Å². The van der Waals surface area contributed by atoms with Gasteiger partial charge in [-0.2, -0.15) is 0 Å². The van der Waals surface area contributed by atoms with E-state index < -0.39 is 12.1 Å². The van der Waals surface area contributed by atoms with Crippen molar-refractivity contribution in [2.75, 3.05) is 6.54 Å². The van der Waals surface area contributed by atoms with Gasteiger partial charge in [-0.15, -0.1) is 11.3 Å². The van der Waals surface area contributed by atoms with Gasteiger partial charge in [0.1, 0.15) is 4.88 Å². The second-order valence-corrected chi connectivity index (χ2v) is 7.86. The minimum atomic E-state index is -0.798. The summed E-state index contributed by atoms with van der Waals surface area (Å²) in [5.41, 5.74) is 2.46. The molecule has 0 fully saturated rings. The van der Waals surface area contributed by atoms with Crippen LogP contribution in [-0.4, -0.2) is 24.5 Å². The van der Waals surface area contributed by atoms with E-state index in [0.717, 1.165) is 25.7 Å². The number of carbonyl (C=O) groups is 2. The lowest BCUT2D eigenvalue weighted by Gasteiger charge is -2.18. The fourth-order valence-electron chi connectivity index (χ4n) is 3.29. The number of hydrogen-bond donors (Lipinski definition) is 1. The minimum Gasteiger partial charge on any atom is -0.448 e. The summed E-state index contributed by atoms with van der Waals surface area (Å²) in [6.45, 7) is 4.26. The highest BCUT2D eigenvalue weighted by Gasteiger charge is 2.23. The maximum atomic E-state index is 12.3. The molecule has 1 aromatic carbocycles. The third-order valence-electron chi connectivity index (χ3n) is 4.89. The molecular weight excluding hydrogens is 346 g/mol. The highest BCUT2D eigenvalue weighted by Crippen LogP contribution is 2.31. The third-order valence-corrected chi connectivity index (χ3v) is 6.10. The van der Waals surface area contributed by atoms with Crippen molar-refractivity contribution in [2.45, 2.75) is 51.6 Å². The first-order valence-electron chi connectivity index (χ1n) is 9.23. The summed E-state index contributed by atoms with van der Waals surface area (Å²) in [7, 11) is 0. The number of aryl methyl sites for hydroxylation is 2. The van der Waals surface area contributed by atoms with Gasteiger partial charge < -0.3 is 10.1 Å². The Bertz CT molecular complexity index is 747. The zero-order valence-corrected chi connectivity index (χ0v) is 16.1. The normalized spacial score (nSPS) is 15.2. The van der Waals surface area contributed by atoms with Crippen LogP contribution in [-0.2, 0) is 22.4 Å². The summed E-state index contributed by atoms with van der Waals surface area (Å²) in [6.07, 6.45) is 3.37. The van der Waals surface area contributed by atoms with E-state index in [1.165, 1.54) is 27.3 Å². The van der Waals surface area contributed by atoms with Crippen LogP contribution in [0.3, 0.4) is 0 Å². The topological polar surface area (TPSA) is 55.4 Å². The summed E-state index contributed by atoms with van der Waals surface area (Å²) >= 11 is 1.50. The van der Waals surface area contributed by atoms with Gasteiger partial charge in [-0.25, -0.2) is 4.79 Å². The molecule has 1 N–H and O–H groups in total. The summed E-state index contributed by atoms with van der Waals surface area (Å²) in [6, 6.07) is 12.0. The van der Waals surface area contributed by atoms with Gasteiger partial charge in [0.05, 0.1) is 0 Å². The smallest absolute Gasteiger partial charge is 0.349 e. The quantitative estimate of drug-likeness (QED) is 0.746. The molecule has 5 heteroatoms. The molecule has 0 saturated carbocycles. The highest BCUT2D eigenvalue weighted by molar-refractivity contribution is 7.14. The first-order valence-corrected chi connectivity index (χ1v) is 10.0. The number of ether oxygens (including phenoxy) is 1. The Kier molecular flexibility index (Phi) is 6.09. The summed E-state index contributed by atoms with van der Waals surface area (Å²) in [4.78, 5) is 26.5. The van der Waals surface area contributed by atoms with E-state index in [0.29, 0.717) is 11.4 Å².